The number of halogens is 1. The molecule has 1 N–H and O–H groups in total. The first kappa shape index (κ1) is 8.23. The molecule has 0 amide bonds. The van der Waals surface area contributed by atoms with E-state index in [1.54, 1.807) is 0 Å². The average Bonchev–Trinajstić information content (AvgIpc) is 1.98. The van der Waals surface area contributed by atoms with Crippen molar-refractivity contribution < 1.29 is 5.11 Å². The molecule has 0 aliphatic rings. The number of aromatic nitrogens is 2. The second-order valence-electron chi connectivity index (χ2n) is 1.94. The normalized spacial score (nSPS) is 10.0. The molecule has 0 spiro atoms. The molecule has 0 aliphatic carbocycles. The molecule has 0 radical (unpaired) electrons. The molecule has 0 saturated heterocycles. The topological polar surface area (TPSA) is 55.1 Å². The van der Waals surface area contributed by atoms with Crippen LogP contribution in [0.3, 0.4) is 0 Å². The van der Waals surface area contributed by atoms with E-state index in [-0.39, 0.29) is 23.9 Å². The van der Waals surface area contributed by atoms with E-state index >= 15 is 0 Å². The third kappa shape index (κ3) is 2.03. The fraction of sp³-hybridized carbons (Fsp3) is 0.333. The van der Waals surface area contributed by atoms with Gasteiger partial charge >= 0.3 is 0 Å². The summed E-state index contributed by atoms with van der Waals surface area (Å²) >= 11 is 5.50. The number of aliphatic hydroxyl groups excluding tert-OH is 1. The Morgan fingerprint density at radius 1 is 1.64 bits per heavy atom. The van der Waals surface area contributed by atoms with Crippen LogP contribution in [0.5, 0.6) is 0 Å². The van der Waals surface area contributed by atoms with Crippen molar-refractivity contribution in [3.63, 3.8) is 0 Å². The minimum atomic E-state index is -0.261. The average molecular weight is 175 g/mol. The van der Waals surface area contributed by atoms with Gasteiger partial charge in [-0.15, -0.1) is 0 Å². The second kappa shape index (κ2) is 3.50. The van der Waals surface area contributed by atoms with Crippen LogP contribution in [0.25, 0.3) is 0 Å². The van der Waals surface area contributed by atoms with Crippen LogP contribution in [0, 0.1) is 0 Å². The van der Waals surface area contributed by atoms with Gasteiger partial charge in [-0.3, -0.25) is 4.79 Å². The van der Waals surface area contributed by atoms with Crippen LogP contribution in [-0.4, -0.2) is 21.5 Å². The van der Waals surface area contributed by atoms with Crippen molar-refractivity contribution in [3.8, 4) is 0 Å². The van der Waals surface area contributed by atoms with Crippen molar-refractivity contribution >= 4 is 11.6 Å². The van der Waals surface area contributed by atoms with Crippen molar-refractivity contribution in [2.75, 3.05) is 6.61 Å². The van der Waals surface area contributed by atoms with Gasteiger partial charge < -0.3 is 5.11 Å². The first-order chi connectivity index (χ1) is 5.24. The summed E-state index contributed by atoms with van der Waals surface area (Å²) in [5.41, 5.74) is -0.261. The first-order valence-corrected chi connectivity index (χ1v) is 3.46. The Hall–Kier alpha value is -0.870. The van der Waals surface area contributed by atoms with Crippen molar-refractivity contribution in [1.82, 2.24) is 9.78 Å². The van der Waals surface area contributed by atoms with Gasteiger partial charge in [-0.1, -0.05) is 11.6 Å². The van der Waals surface area contributed by atoms with Gasteiger partial charge in [0.25, 0.3) is 5.56 Å². The molecule has 4 nitrogen and oxygen atoms in total. The highest BCUT2D eigenvalue weighted by Gasteiger charge is 1.95. The quantitative estimate of drug-likeness (QED) is 0.681. The summed E-state index contributed by atoms with van der Waals surface area (Å²) < 4.78 is 1.11. The highest BCUT2D eigenvalue weighted by molar-refractivity contribution is 6.29. The maximum absolute atomic E-state index is 10.9. The van der Waals surface area contributed by atoms with Crippen molar-refractivity contribution in [1.29, 1.82) is 0 Å². The van der Waals surface area contributed by atoms with Crippen LogP contribution in [0.1, 0.15) is 0 Å². The minimum absolute atomic E-state index is 0.118. The SMILES string of the molecule is O=c1ccc(Cl)nn1CCO. The van der Waals surface area contributed by atoms with Gasteiger partial charge in [0.1, 0.15) is 5.15 Å². The lowest BCUT2D eigenvalue weighted by molar-refractivity contribution is 0.266. The summed E-state index contributed by atoms with van der Waals surface area (Å²) in [6.07, 6.45) is 0. The summed E-state index contributed by atoms with van der Waals surface area (Å²) in [5.74, 6) is 0. The molecule has 0 aromatic carbocycles. The van der Waals surface area contributed by atoms with Gasteiger partial charge in [-0.05, 0) is 6.07 Å². The molecule has 1 aromatic heterocycles. The summed E-state index contributed by atoms with van der Waals surface area (Å²) in [7, 11) is 0. The Bertz CT molecular complexity index is 297. The number of rotatable bonds is 2. The van der Waals surface area contributed by atoms with Gasteiger partial charge in [-0.25, -0.2) is 4.68 Å². The third-order valence-corrected chi connectivity index (χ3v) is 1.35. The Balaban J connectivity index is 3.03. The molecule has 1 rings (SSSR count). The predicted octanol–water partition coefficient (Wildman–Crippen LogP) is -0.111. The molecular weight excluding hydrogens is 168 g/mol. The monoisotopic (exact) mass is 174 g/mol. The van der Waals surface area contributed by atoms with Crippen LogP contribution in [-0.2, 0) is 6.54 Å². The molecular formula is C6H7ClN2O2. The molecule has 0 saturated carbocycles. The van der Waals surface area contributed by atoms with E-state index < -0.39 is 0 Å². The first-order valence-electron chi connectivity index (χ1n) is 3.08. The Kier molecular flexibility index (Phi) is 2.62. The summed E-state index contributed by atoms with van der Waals surface area (Å²) in [6.45, 7) is 0.0621. The van der Waals surface area contributed by atoms with Gasteiger partial charge in [0.2, 0.25) is 0 Å². The highest BCUT2D eigenvalue weighted by atomic mass is 35.5. The lowest BCUT2D eigenvalue weighted by Crippen LogP contribution is -2.23. The van der Waals surface area contributed by atoms with Gasteiger partial charge in [0, 0.05) is 6.07 Å². The molecule has 1 aromatic rings. The number of hydrogen-bond acceptors (Lipinski definition) is 3. The number of aliphatic hydroxyl groups is 1. The van der Waals surface area contributed by atoms with Crippen LogP contribution in [0.15, 0.2) is 16.9 Å². The highest BCUT2D eigenvalue weighted by Crippen LogP contribution is 1.96. The molecule has 5 heteroatoms. The van der Waals surface area contributed by atoms with Gasteiger partial charge in [0.15, 0.2) is 0 Å². The molecule has 0 fully saturated rings. The van der Waals surface area contributed by atoms with E-state index in [4.69, 9.17) is 16.7 Å². The Labute approximate surface area is 68.0 Å². The Morgan fingerprint density at radius 3 is 3.00 bits per heavy atom. The molecule has 0 aliphatic heterocycles. The third-order valence-electron chi connectivity index (χ3n) is 1.15. The van der Waals surface area contributed by atoms with E-state index in [1.807, 2.05) is 0 Å². The molecule has 1 heterocycles. The van der Waals surface area contributed by atoms with E-state index in [0.29, 0.717) is 0 Å². The number of nitrogens with zero attached hydrogens (tertiary/aromatic N) is 2. The predicted molar refractivity (Wildman–Crippen MR) is 40.6 cm³/mol. The van der Waals surface area contributed by atoms with Crippen LogP contribution >= 0.6 is 11.6 Å². The molecule has 0 atom stereocenters. The van der Waals surface area contributed by atoms with Crippen molar-refractivity contribution in [3.05, 3.63) is 27.6 Å². The fourth-order valence-electron chi connectivity index (χ4n) is 0.679. The smallest absolute Gasteiger partial charge is 0.266 e. The molecule has 11 heavy (non-hydrogen) atoms. The summed E-state index contributed by atoms with van der Waals surface area (Å²) in [4.78, 5) is 10.9. The zero-order valence-corrected chi connectivity index (χ0v) is 6.45. The maximum Gasteiger partial charge on any atom is 0.266 e. The van der Waals surface area contributed by atoms with Gasteiger partial charge in [-0.2, -0.15) is 5.10 Å². The van der Waals surface area contributed by atoms with E-state index in [0.717, 1.165) is 4.68 Å². The van der Waals surface area contributed by atoms with Crippen LogP contribution < -0.4 is 5.56 Å². The van der Waals surface area contributed by atoms with Crippen LogP contribution in [0.4, 0.5) is 0 Å². The van der Waals surface area contributed by atoms with Gasteiger partial charge in [0.05, 0.1) is 13.2 Å². The maximum atomic E-state index is 10.9. The lowest BCUT2D eigenvalue weighted by atomic mass is 10.5. The fourth-order valence-corrected chi connectivity index (χ4v) is 0.833. The molecule has 0 unspecified atom stereocenters. The van der Waals surface area contributed by atoms with Crippen LogP contribution in [0.2, 0.25) is 5.15 Å². The van der Waals surface area contributed by atoms with E-state index in [1.165, 1.54) is 12.1 Å². The molecule has 0 bridgehead atoms. The number of hydrogen-bond donors (Lipinski definition) is 1. The summed E-state index contributed by atoms with van der Waals surface area (Å²) in [6, 6.07) is 2.72. The largest absolute Gasteiger partial charge is 0.394 e. The lowest BCUT2D eigenvalue weighted by Gasteiger charge is -1.99. The Morgan fingerprint density at radius 2 is 2.36 bits per heavy atom. The standard InChI is InChI=1S/C6H7ClN2O2/c7-5-1-2-6(11)9(8-5)3-4-10/h1-2,10H,3-4H2. The van der Waals surface area contributed by atoms with E-state index in [9.17, 15) is 4.79 Å². The zero-order valence-electron chi connectivity index (χ0n) is 5.70. The zero-order chi connectivity index (χ0) is 8.27. The minimum Gasteiger partial charge on any atom is -0.394 e. The molecule has 60 valence electrons. The van der Waals surface area contributed by atoms with Crippen molar-refractivity contribution in [2.24, 2.45) is 0 Å². The van der Waals surface area contributed by atoms with E-state index in [2.05, 4.69) is 5.10 Å². The summed E-state index contributed by atoms with van der Waals surface area (Å²) in [5, 5.41) is 12.4. The van der Waals surface area contributed by atoms with Crippen molar-refractivity contribution in [2.45, 2.75) is 6.54 Å². The second-order valence-corrected chi connectivity index (χ2v) is 2.33.